The zero-order valence-electron chi connectivity index (χ0n) is 29.1. The van der Waals surface area contributed by atoms with Crippen LogP contribution in [0, 0.1) is 0 Å². The topological polar surface area (TPSA) is 684 Å². The van der Waals surface area contributed by atoms with Crippen molar-refractivity contribution in [1.29, 1.82) is 0 Å². The maximum absolute atomic E-state index is 10.6. The third-order valence-electron chi connectivity index (χ3n) is 9.54. The number of rotatable bonds is 17. The Balaban J connectivity index is 2.55. The van der Waals surface area contributed by atoms with Crippen LogP contribution in [0.2, 0.25) is 0 Å². The van der Waals surface area contributed by atoms with E-state index in [1.165, 1.54) is 0 Å². The average molecular weight is 911 g/mol. The molecule has 2 fully saturated rings. The zero-order chi connectivity index (χ0) is 48.0. The van der Waals surface area contributed by atoms with Crippen molar-refractivity contribution in [2.45, 2.75) is 131 Å². The maximum Gasteiger partial charge on any atom is 0.343 e. The average Bonchev–Trinajstić information content (AvgIpc) is 3.09. The van der Waals surface area contributed by atoms with E-state index in [1.54, 1.807) is 0 Å². The van der Waals surface area contributed by atoms with Gasteiger partial charge in [0.1, 0.15) is 48.8 Å². The molecule has 0 amide bonds. The Morgan fingerprint density at radius 2 is 0.633 bits per heavy atom. The number of ether oxygens (including phenoxy) is 4. The van der Waals surface area contributed by atoms with Gasteiger partial charge in [0.25, 0.3) is 46.3 Å². The SMILES string of the molecule is OCC1O[C@@H](OC(O)(O)C(O)(O)C(O)(O)C(O)(O)C(O)(O)C(O)(O)C(O)(O)C(O)(O)C(O)(O)C(O)(O)C(O)(O)C(O)(O)O)[C@@H](O)C(O)[C@@H]1O[C@H]1OC(CO)[C@@H](O)[C@H](O)C1O. The Morgan fingerprint density at radius 1 is 0.333 bits per heavy atom. The lowest BCUT2D eigenvalue weighted by atomic mass is 9.75. The molecule has 0 saturated carbocycles. The highest BCUT2D eigenvalue weighted by molar-refractivity contribution is 5.16. The van der Waals surface area contributed by atoms with Crippen LogP contribution in [-0.4, -0.2) is 308 Å². The number of hydrogen-bond acceptors (Lipinski definition) is 36. The summed E-state index contributed by atoms with van der Waals surface area (Å²) in [7, 11) is 0. The molecule has 0 aliphatic carbocycles. The molecule has 2 heterocycles. The van der Waals surface area contributed by atoms with E-state index in [0.717, 1.165) is 0 Å². The minimum absolute atomic E-state index is 1.04. The van der Waals surface area contributed by atoms with Crippen LogP contribution in [0.3, 0.4) is 0 Å². The van der Waals surface area contributed by atoms with Crippen molar-refractivity contribution in [3.8, 4) is 0 Å². The van der Waals surface area contributed by atoms with Crippen LogP contribution in [0.5, 0.6) is 0 Å². The van der Waals surface area contributed by atoms with E-state index in [2.05, 4.69) is 4.74 Å². The van der Waals surface area contributed by atoms with E-state index >= 15 is 0 Å². The summed E-state index contributed by atoms with van der Waals surface area (Å²) in [5.74, 6) is -74.7. The van der Waals surface area contributed by atoms with E-state index in [-0.39, 0.29) is 0 Å². The van der Waals surface area contributed by atoms with Crippen LogP contribution in [0.15, 0.2) is 0 Å². The maximum atomic E-state index is 10.6. The second-order valence-corrected chi connectivity index (χ2v) is 13.6. The summed E-state index contributed by atoms with van der Waals surface area (Å²) in [6.07, 6.45) is -23.4. The molecule has 0 spiro atoms. The van der Waals surface area contributed by atoms with Gasteiger partial charge in [0.2, 0.25) is 0 Å². The first-order valence-electron chi connectivity index (χ1n) is 15.6. The van der Waals surface area contributed by atoms with E-state index in [9.17, 15) is 148 Å². The fraction of sp³-hybridized carbons (Fsp3) is 1.00. The van der Waals surface area contributed by atoms with Crippen LogP contribution in [0.1, 0.15) is 0 Å². The quantitative estimate of drug-likeness (QED) is 0.0603. The molecule has 2 aliphatic rings. The molecular formula is C24H46O36. The van der Waals surface area contributed by atoms with E-state index in [4.69, 9.17) is 29.5 Å². The van der Waals surface area contributed by atoms with E-state index in [0.29, 0.717) is 0 Å². The number of hydrogen-bond donors (Lipinski definition) is 32. The third kappa shape index (κ3) is 7.70. The Hall–Kier alpha value is -1.44. The minimum atomic E-state index is -6.62. The van der Waals surface area contributed by atoms with Crippen molar-refractivity contribution in [3.63, 3.8) is 0 Å². The highest BCUT2D eigenvalue weighted by atomic mass is 16.9. The first-order valence-corrected chi connectivity index (χ1v) is 15.6. The number of aliphatic hydroxyl groups is 32. The summed E-state index contributed by atoms with van der Waals surface area (Å²) in [4.78, 5) is 0. The normalized spacial score (nSPS) is 30.8. The molecule has 0 aromatic carbocycles. The van der Waals surface area contributed by atoms with Gasteiger partial charge in [-0.15, -0.1) is 0 Å². The molecule has 0 aromatic heterocycles. The summed E-state index contributed by atoms with van der Waals surface area (Å²) in [5, 5.41) is 319. The summed E-state index contributed by atoms with van der Waals surface area (Å²) in [6, 6.07) is 0. The highest BCUT2D eigenvalue weighted by Crippen LogP contribution is 2.50. The van der Waals surface area contributed by atoms with Crippen molar-refractivity contribution >= 4 is 0 Å². The lowest BCUT2D eigenvalue weighted by molar-refractivity contribution is -0.622. The molecule has 36 nitrogen and oxygen atoms in total. The van der Waals surface area contributed by atoms with Gasteiger partial charge in [-0.3, -0.25) is 4.74 Å². The molecule has 0 bridgehead atoms. The van der Waals surface area contributed by atoms with Crippen molar-refractivity contribution in [3.05, 3.63) is 0 Å². The summed E-state index contributed by atoms with van der Waals surface area (Å²) in [5.41, 5.74) is 0. The van der Waals surface area contributed by atoms with Crippen LogP contribution < -0.4 is 0 Å². The summed E-state index contributed by atoms with van der Waals surface area (Å²) < 4.78 is 19.1. The van der Waals surface area contributed by atoms with E-state index < -0.39 is 144 Å². The van der Waals surface area contributed by atoms with Gasteiger partial charge in [-0.2, -0.15) is 0 Å². The Bertz CT molecular complexity index is 1460. The van der Waals surface area contributed by atoms with Gasteiger partial charge in [-0.1, -0.05) is 0 Å². The van der Waals surface area contributed by atoms with Crippen LogP contribution in [0.4, 0.5) is 0 Å². The first kappa shape index (κ1) is 54.7. The van der Waals surface area contributed by atoms with Crippen LogP contribution in [0.25, 0.3) is 0 Å². The van der Waals surface area contributed by atoms with Crippen molar-refractivity contribution in [2.75, 3.05) is 13.2 Å². The van der Waals surface area contributed by atoms with Gasteiger partial charge in [0.05, 0.1) is 13.2 Å². The molecule has 2 saturated heterocycles. The smallest absolute Gasteiger partial charge is 0.343 e. The highest BCUT2D eigenvalue weighted by Gasteiger charge is 2.89. The van der Waals surface area contributed by atoms with Gasteiger partial charge >= 0.3 is 23.5 Å². The molecule has 2 rings (SSSR count). The molecule has 60 heavy (non-hydrogen) atoms. The van der Waals surface area contributed by atoms with Crippen molar-refractivity contribution in [2.24, 2.45) is 0 Å². The fourth-order valence-corrected chi connectivity index (χ4v) is 5.30. The second-order valence-electron chi connectivity index (χ2n) is 13.6. The standard InChI is InChI=1S/C24H46O36/c25-1-3-5(27)6(28)8(30)11(57-3)59-10-4(2-26)58-12(9(31)7(10)29)60-24(55,56)22(50,51)20(46,47)18(42,43)16(38,39)14(34,35)13(32,33)15(36,37)17(40,41)19(44,45)21(48,49)23(52,53)54/h3-12,25-56H,1-2H2/t3?,4?,5-,6+,7?,8?,9+,10-,11-,12+/m1/s1. The largest absolute Gasteiger partial charge is 0.394 e. The number of aliphatic hydroxyl groups excluding tert-OH is 7. The summed E-state index contributed by atoms with van der Waals surface area (Å²) in [6.45, 7) is -2.49. The predicted octanol–water partition coefficient (Wildman–Crippen LogP) is -21.3. The lowest BCUT2D eigenvalue weighted by Gasteiger charge is -2.57. The van der Waals surface area contributed by atoms with Crippen LogP contribution >= 0.6 is 0 Å². The molecule has 0 aromatic rings. The Kier molecular flexibility index (Phi) is 14.8. The summed E-state index contributed by atoms with van der Waals surface area (Å²) >= 11 is 0. The van der Waals surface area contributed by atoms with Gasteiger partial charge in [0.15, 0.2) is 12.6 Å². The molecule has 0 radical (unpaired) electrons. The molecule has 36 heteroatoms. The molecule has 32 N–H and O–H groups in total. The van der Waals surface area contributed by atoms with Gasteiger partial charge in [-0.05, 0) is 0 Å². The third-order valence-corrected chi connectivity index (χ3v) is 9.54. The molecule has 10 atom stereocenters. The molecule has 358 valence electrons. The van der Waals surface area contributed by atoms with Crippen molar-refractivity contribution < 1.29 is 182 Å². The fourth-order valence-electron chi connectivity index (χ4n) is 5.30. The molecule has 4 unspecified atom stereocenters. The van der Waals surface area contributed by atoms with Gasteiger partial charge in [0, 0.05) is 0 Å². The van der Waals surface area contributed by atoms with Gasteiger partial charge in [-0.25, -0.2) is 0 Å². The predicted molar refractivity (Wildman–Crippen MR) is 156 cm³/mol. The van der Waals surface area contributed by atoms with Crippen LogP contribution in [-0.2, 0) is 18.9 Å². The molecular weight excluding hydrogens is 864 g/mol. The lowest BCUT2D eigenvalue weighted by Crippen LogP contribution is -2.92. The second kappa shape index (κ2) is 16.2. The first-order chi connectivity index (χ1) is 26.2. The minimum Gasteiger partial charge on any atom is -0.394 e. The van der Waals surface area contributed by atoms with Gasteiger partial charge < -0.3 is 178 Å². The zero-order valence-corrected chi connectivity index (χ0v) is 29.1. The molecule has 2 aliphatic heterocycles. The Labute approximate surface area is 327 Å². The van der Waals surface area contributed by atoms with E-state index in [1.807, 2.05) is 0 Å². The monoisotopic (exact) mass is 910 g/mol. The Morgan fingerprint density at radius 3 is 0.967 bits per heavy atom. The van der Waals surface area contributed by atoms with Crippen molar-refractivity contribution in [1.82, 2.24) is 0 Å².